The van der Waals surface area contributed by atoms with Gasteiger partial charge in [0.2, 0.25) is 0 Å². The Kier molecular flexibility index (Phi) is 3.13. The number of aromatic amines is 1. The van der Waals surface area contributed by atoms with E-state index in [4.69, 9.17) is 0 Å². The van der Waals surface area contributed by atoms with Gasteiger partial charge in [0.1, 0.15) is 11.6 Å². The number of H-pyrrole nitrogens is 1. The van der Waals surface area contributed by atoms with Crippen molar-refractivity contribution in [2.75, 3.05) is 0 Å². The average Bonchev–Trinajstić information content (AvgIpc) is 2.45. The van der Waals surface area contributed by atoms with Crippen LogP contribution in [0.4, 0.5) is 8.78 Å². The number of halogens is 2. The lowest BCUT2D eigenvalue weighted by Crippen LogP contribution is -2.35. The van der Waals surface area contributed by atoms with Crippen LogP contribution in [0.1, 0.15) is 5.56 Å². The smallest absolute Gasteiger partial charge is 0.307 e. The van der Waals surface area contributed by atoms with Crippen molar-refractivity contribution in [3.63, 3.8) is 0 Å². The highest BCUT2D eigenvalue weighted by molar-refractivity contribution is 5.76. The van der Waals surface area contributed by atoms with E-state index in [-0.39, 0.29) is 12.1 Å². The van der Waals surface area contributed by atoms with Gasteiger partial charge in [-0.15, -0.1) is 0 Å². The number of hydrogen-bond donors (Lipinski definition) is 1. The molecule has 0 spiro atoms. The molecule has 6 heteroatoms. The molecule has 2 aromatic carbocycles. The van der Waals surface area contributed by atoms with Gasteiger partial charge in [-0.2, -0.15) is 0 Å². The Hall–Kier alpha value is -2.76. The summed E-state index contributed by atoms with van der Waals surface area (Å²) >= 11 is 0. The third-order valence-corrected chi connectivity index (χ3v) is 3.23. The van der Waals surface area contributed by atoms with Crippen LogP contribution in [0.5, 0.6) is 0 Å². The van der Waals surface area contributed by atoms with E-state index in [1.807, 2.05) is 0 Å². The molecule has 0 bridgehead atoms. The maximum Gasteiger partial charge on any atom is 0.329 e. The number of para-hydroxylation sites is 1. The number of hydrogen-bond acceptors (Lipinski definition) is 2. The van der Waals surface area contributed by atoms with E-state index in [9.17, 15) is 18.4 Å². The second kappa shape index (κ2) is 4.97. The average molecular weight is 288 g/mol. The molecule has 0 amide bonds. The van der Waals surface area contributed by atoms with Crippen LogP contribution in [-0.2, 0) is 6.54 Å². The van der Waals surface area contributed by atoms with Gasteiger partial charge < -0.3 is 4.98 Å². The number of rotatable bonds is 2. The van der Waals surface area contributed by atoms with Gasteiger partial charge in [-0.05, 0) is 18.2 Å². The topological polar surface area (TPSA) is 54.9 Å². The Balaban J connectivity index is 2.17. The summed E-state index contributed by atoms with van der Waals surface area (Å²) in [5.41, 5.74) is -0.664. The normalized spacial score (nSPS) is 11.0. The Morgan fingerprint density at radius 3 is 2.57 bits per heavy atom. The second-order valence-corrected chi connectivity index (χ2v) is 4.60. The predicted octanol–water partition coefficient (Wildman–Crippen LogP) is 2.02. The number of benzene rings is 2. The van der Waals surface area contributed by atoms with Gasteiger partial charge in [-0.1, -0.05) is 18.2 Å². The van der Waals surface area contributed by atoms with E-state index < -0.39 is 22.9 Å². The van der Waals surface area contributed by atoms with Gasteiger partial charge in [0.05, 0.1) is 17.4 Å². The summed E-state index contributed by atoms with van der Waals surface area (Å²) in [6.07, 6.45) is 0. The van der Waals surface area contributed by atoms with Gasteiger partial charge in [-0.25, -0.2) is 13.6 Å². The lowest BCUT2D eigenvalue weighted by atomic mass is 10.2. The first kappa shape index (κ1) is 13.2. The summed E-state index contributed by atoms with van der Waals surface area (Å²) in [4.78, 5) is 26.8. The number of fused-ring (bicyclic) bond motifs is 1. The largest absolute Gasteiger partial charge is 0.329 e. The lowest BCUT2D eigenvalue weighted by Gasteiger charge is -2.07. The van der Waals surface area contributed by atoms with E-state index in [1.54, 1.807) is 24.3 Å². The fraction of sp³-hybridized carbons (Fsp3) is 0.0667. The summed E-state index contributed by atoms with van der Waals surface area (Å²) in [6, 6.07) is 9.57. The summed E-state index contributed by atoms with van der Waals surface area (Å²) < 4.78 is 27.4. The van der Waals surface area contributed by atoms with Crippen molar-refractivity contribution in [3.8, 4) is 0 Å². The van der Waals surface area contributed by atoms with Crippen LogP contribution in [0.25, 0.3) is 10.9 Å². The van der Waals surface area contributed by atoms with Crippen molar-refractivity contribution in [2.45, 2.75) is 6.54 Å². The fourth-order valence-electron chi connectivity index (χ4n) is 2.16. The first-order valence-corrected chi connectivity index (χ1v) is 6.22. The van der Waals surface area contributed by atoms with Crippen molar-refractivity contribution in [3.05, 3.63) is 80.5 Å². The number of nitrogens with zero attached hydrogens (tertiary/aromatic N) is 1. The van der Waals surface area contributed by atoms with Crippen molar-refractivity contribution in [1.29, 1.82) is 0 Å². The molecule has 0 atom stereocenters. The summed E-state index contributed by atoms with van der Waals surface area (Å²) in [7, 11) is 0. The molecule has 21 heavy (non-hydrogen) atoms. The van der Waals surface area contributed by atoms with Crippen LogP contribution < -0.4 is 11.2 Å². The van der Waals surface area contributed by atoms with Gasteiger partial charge in [0.25, 0.3) is 5.56 Å². The molecule has 4 nitrogen and oxygen atoms in total. The Bertz CT molecular complexity index is 944. The van der Waals surface area contributed by atoms with Crippen molar-refractivity contribution < 1.29 is 8.78 Å². The molecular weight excluding hydrogens is 278 g/mol. The minimum Gasteiger partial charge on any atom is -0.307 e. The van der Waals surface area contributed by atoms with Crippen LogP contribution >= 0.6 is 0 Å². The molecule has 106 valence electrons. The minimum absolute atomic E-state index is 0.0688. The lowest BCUT2D eigenvalue weighted by molar-refractivity contribution is 0.561. The molecule has 0 fully saturated rings. The zero-order valence-electron chi connectivity index (χ0n) is 10.8. The van der Waals surface area contributed by atoms with E-state index in [2.05, 4.69) is 4.98 Å². The van der Waals surface area contributed by atoms with E-state index >= 15 is 0 Å². The molecule has 0 aliphatic heterocycles. The van der Waals surface area contributed by atoms with Crippen molar-refractivity contribution in [1.82, 2.24) is 9.55 Å². The van der Waals surface area contributed by atoms with Gasteiger partial charge >= 0.3 is 5.69 Å². The SMILES string of the molecule is O=c1[nH]c2ccccc2c(=O)n1Cc1ccc(F)cc1F. The zero-order valence-corrected chi connectivity index (χ0v) is 10.8. The molecule has 0 saturated heterocycles. The quantitative estimate of drug-likeness (QED) is 0.784. The molecule has 0 aliphatic rings. The third-order valence-electron chi connectivity index (χ3n) is 3.23. The highest BCUT2D eigenvalue weighted by atomic mass is 19.1. The summed E-state index contributed by atoms with van der Waals surface area (Å²) in [6.45, 7) is -0.259. The molecule has 1 aromatic heterocycles. The van der Waals surface area contributed by atoms with Crippen LogP contribution in [0.3, 0.4) is 0 Å². The van der Waals surface area contributed by atoms with Crippen LogP contribution in [0.2, 0.25) is 0 Å². The molecule has 0 saturated carbocycles. The van der Waals surface area contributed by atoms with E-state index in [1.165, 1.54) is 6.07 Å². The Morgan fingerprint density at radius 1 is 1.05 bits per heavy atom. The number of nitrogens with one attached hydrogen (secondary N) is 1. The van der Waals surface area contributed by atoms with Gasteiger partial charge in [-0.3, -0.25) is 9.36 Å². The molecule has 0 aliphatic carbocycles. The van der Waals surface area contributed by atoms with Crippen molar-refractivity contribution >= 4 is 10.9 Å². The van der Waals surface area contributed by atoms with Crippen molar-refractivity contribution in [2.24, 2.45) is 0 Å². The maximum absolute atomic E-state index is 13.6. The third kappa shape index (κ3) is 2.35. The van der Waals surface area contributed by atoms with Crippen LogP contribution in [0.15, 0.2) is 52.1 Å². The molecule has 1 N–H and O–H groups in total. The molecule has 0 radical (unpaired) electrons. The molecular formula is C15H10F2N2O2. The fourth-order valence-corrected chi connectivity index (χ4v) is 2.16. The standard InChI is InChI=1S/C15H10F2N2O2/c16-10-6-5-9(12(17)7-10)8-19-14(20)11-3-1-2-4-13(11)18-15(19)21/h1-7H,8H2,(H,18,21). The zero-order chi connectivity index (χ0) is 15.0. The molecule has 1 heterocycles. The highest BCUT2D eigenvalue weighted by Gasteiger charge is 2.10. The Labute approximate surface area is 117 Å². The van der Waals surface area contributed by atoms with E-state index in [0.29, 0.717) is 10.9 Å². The molecule has 3 aromatic rings. The first-order valence-electron chi connectivity index (χ1n) is 6.22. The Morgan fingerprint density at radius 2 is 1.81 bits per heavy atom. The summed E-state index contributed by atoms with van der Waals surface area (Å²) in [5, 5.41) is 0.333. The first-order chi connectivity index (χ1) is 10.1. The van der Waals surface area contributed by atoms with Crippen LogP contribution in [-0.4, -0.2) is 9.55 Å². The monoisotopic (exact) mass is 288 g/mol. The summed E-state index contributed by atoms with van der Waals surface area (Å²) in [5.74, 6) is -1.51. The number of aromatic nitrogens is 2. The van der Waals surface area contributed by atoms with Crippen LogP contribution in [0, 0.1) is 11.6 Å². The van der Waals surface area contributed by atoms with Gasteiger partial charge in [0.15, 0.2) is 0 Å². The predicted molar refractivity (Wildman–Crippen MR) is 74.3 cm³/mol. The molecule has 0 unspecified atom stereocenters. The maximum atomic E-state index is 13.6. The van der Waals surface area contributed by atoms with Gasteiger partial charge in [0, 0.05) is 11.6 Å². The molecule has 3 rings (SSSR count). The minimum atomic E-state index is -0.797. The highest BCUT2D eigenvalue weighted by Crippen LogP contribution is 2.10. The second-order valence-electron chi connectivity index (χ2n) is 4.60. The van der Waals surface area contributed by atoms with E-state index in [0.717, 1.165) is 16.7 Å².